The van der Waals surface area contributed by atoms with Gasteiger partial charge in [0, 0.05) is 16.2 Å². The molecular formula is C14H19BrN2O3S. The molecule has 3 N–H and O–H groups in total. The molecular weight excluding hydrogens is 356 g/mol. The van der Waals surface area contributed by atoms with Crippen molar-refractivity contribution in [3.8, 4) is 0 Å². The molecule has 1 rings (SSSR count). The van der Waals surface area contributed by atoms with E-state index < -0.39 is 5.97 Å². The number of anilines is 1. The minimum absolute atomic E-state index is 0.0680. The van der Waals surface area contributed by atoms with Crippen LogP contribution in [0.2, 0.25) is 0 Å². The Morgan fingerprint density at radius 2 is 2.14 bits per heavy atom. The van der Waals surface area contributed by atoms with Gasteiger partial charge in [0.15, 0.2) is 0 Å². The molecule has 0 fully saturated rings. The summed E-state index contributed by atoms with van der Waals surface area (Å²) < 4.78 is 0.478. The summed E-state index contributed by atoms with van der Waals surface area (Å²) in [4.78, 5) is 22.9. The Hall–Kier alpha value is -1.21. The van der Waals surface area contributed by atoms with Gasteiger partial charge in [-0.2, -0.15) is 11.8 Å². The third-order valence-electron chi connectivity index (χ3n) is 2.73. The Labute approximate surface area is 137 Å². The molecule has 116 valence electrons. The number of halogens is 1. The Balaban J connectivity index is 2.55. The van der Waals surface area contributed by atoms with Crippen LogP contribution < -0.4 is 10.6 Å². The molecule has 1 unspecified atom stereocenters. The van der Waals surface area contributed by atoms with Gasteiger partial charge < -0.3 is 15.7 Å². The SMILES string of the molecule is CCSCCC(C)NC(=O)Nc1ccc(Br)c(C(=O)O)c1. The number of amides is 2. The molecule has 21 heavy (non-hydrogen) atoms. The van der Waals surface area contributed by atoms with Gasteiger partial charge in [0.25, 0.3) is 0 Å². The van der Waals surface area contributed by atoms with Crippen molar-refractivity contribution in [2.45, 2.75) is 26.3 Å². The lowest BCUT2D eigenvalue weighted by Gasteiger charge is -2.14. The number of urea groups is 1. The van der Waals surface area contributed by atoms with Crippen LogP contribution >= 0.6 is 27.7 Å². The van der Waals surface area contributed by atoms with Gasteiger partial charge >= 0.3 is 12.0 Å². The molecule has 1 aromatic rings. The number of hydrogen-bond donors (Lipinski definition) is 3. The van der Waals surface area contributed by atoms with E-state index in [1.165, 1.54) is 6.07 Å². The fourth-order valence-corrected chi connectivity index (χ4v) is 2.86. The minimum Gasteiger partial charge on any atom is -0.478 e. The quantitative estimate of drug-likeness (QED) is 0.634. The van der Waals surface area contributed by atoms with Crippen LogP contribution in [0.5, 0.6) is 0 Å². The Morgan fingerprint density at radius 1 is 1.43 bits per heavy atom. The molecule has 0 radical (unpaired) electrons. The second kappa shape index (κ2) is 8.94. The first kappa shape index (κ1) is 17.8. The number of aromatic carboxylic acids is 1. The van der Waals surface area contributed by atoms with Crippen LogP contribution in [0.1, 0.15) is 30.6 Å². The zero-order chi connectivity index (χ0) is 15.8. The lowest BCUT2D eigenvalue weighted by Crippen LogP contribution is -2.36. The van der Waals surface area contributed by atoms with Crippen LogP contribution in [-0.4, -0.2) is 34.7 Å². The zero-order valence-electron chi connectivity index (χ0n) is 12.0. The van der Waals surface area contributed by atoms with Gasteiger partial charge in [0.1, 0.15) is 0 Å². The second-order valence-electron chi connectivity index (χ2n) is 4.48. The summed E-state index contributed by atoms with van der Waals surface area (Å²) in [5.41, 5.74) is 0.559. The van der Waals surface area contributed by atoms with Crippen LogP contribution in [0.15, 0.2) is 22.7 Å². The highest BCUT2D eigenvalue weighted by Crippen LogP contribution is 2.21. The van der Waals surface area contributed by atoms with E-state index in [-0.39, 0.29) is 17.6 Å². The first-order valence-corrected chi connectivity index (χ1v) is 8.57. The van der Waals surface area contributed by atoms with E-state index in [9.17, 15) is 9.59 Å². The Morgan fingerprint density at radius 3 is 2.76 bits per heavy atom. The topological polar surface area (TPSA) is 78.4 Å². The first-order valence-electron chi connectivity index (χ1n) is 6.62. The van der Waals surface area contributed by atoms with Crippen molar-refractivity contribution < 1.29 is 14.7 Å². The van der Waals surface area contributed by atoms with Crippen molar-refractivity contribution in [2.75, 3.05) is 16.8 Å². The third kappa shape index (κ3) is 6.39. The maximum absolute atomic E-state index is 11.8. The fourth-order valence-electron chi connectivity index (χ4n) is 1.63. The van der Waals surface area contributed by atoms with Crippen LogP contribution in [0, 0.1) is 0 Å². The molecule has 0 aliphatic carbocycles. The number of hydrogen-bond acceptors (Lipinski definition) is 3. The Bertz CT molecular complexity index is 511. The third-order valence-corrected chi connectivity index (χ3v) is 4.36. The highest BCUT2D eigenvalue weighted by atomic mass is 79.9. The predicted octanol–water partition coefficient (Wildman–Crippen LogP) is 3.80. The minimum atomic E-state index is -1.05. The summed E-state index contributed by atoms with van der Waals surface area (Å²) in [6.45, 7) is 4.04. The normalized spacial score (nSPS) is 11.8. The molecule has 1 atom stereocenters. The number of nitrogens with one attached hydrogen (secondary N) is 2. The maximum atomic E-state index is 11.8. The predicted molar refractivity (Wildman–Crippen MR) is 90.3 cm³/mol. The van der Waals surface area contributed by atoms with Crippen LogP contribution in [-0.2, 0) is 0 Å². The van der Waals surface area contributed by atoms with Crippen molar-refractivity contribution in [2.24, 2.45) is 0 Å². The summed E-state index contributed by atoms with van der Waals surface area (Å²) >= 11 is 4.99. The van der Waals surface area contributed by atoms with E-state index in [4.69, 9.17) is 5.11 Å². The molecule has 0 bridgehead atoms. The number of carboxylic acid groups (broad SMARTS) is 1. The summed E-state index contributed by atoms with van der Waals surface area (Å²) in [6.07, 6.45) is 0.895. The van der Waals surface area contributed by atoms with E-state index >= 15 is 0 Å². The number of carboxylic acids is 1. The molecule has 7 heteroatoms. The van der Waals surface area contributed by atoms with E-state index in [2.05, 4.69) is 33.5 Å². The molecule has 0 aliphatic heterocycles. The average Bonchev–Trinajstić information content (AvgIpc) is 2.40. The van der Waals surface area contributed by atoms with E-state index in [1.54, 1.807) is 12.1 Å². The summed E-state index contributed by atoms with van der Waals surface area (Å²) in [5, 5.41) is 14.5. The Kier molecular flexibility index (Phi) is 7.60. The van der Waals surface area contributed by atoms with Gasteiger partial charge in [-0.05, 0) is 59.0 Å². The monoisotopic (exact) mass is 374 g/mol. The lowest BCUT2D eigenvalue weighted by molar-refractivity contribution is 0.0696. The van der Waals surface area contributed by atoms with Crippen LogP contribution in [0.3, 0.4) is 0 Å². The van der Waals surface area contributed by atoms with Gasteiger partial charge in [-0.15, -0.1) is 0 Å². The van der Waals surface area contributed by atoms with Crippen LogP contribution in [0.25, 0.3) is 0 Å². The largest absolute Gasteiger partial charge is 0.478 e. The van der Waals surface area contributed by atoms with Gasteiger partial charge in [-0.25, -0.2) is 9.59 Å². The summed E-state index contributed by atoms with van der Waals surface area (Å²) in [7, 11) is 0. The highest BCUT2D eigenvalue weighted by molar-refractivity contribution is 9.10. The van der Waals surface area contributed by atoms with Gasteiger partial charge in [0.2, 0.25) is 0 Å². The average molecular weight is 375 g/mol. The van der Waals surface area contributed by atoms with Crippen molar-refractivity contribution in [3.63, 3.8) is 0 Å². The van der Waals surface area contributed by atoms with Gasteiger partial charge in [-0.3, -0.25) is 0 Å². The molecule has 0 aliphatic rings. The highest BCUT2D eigenvalue weighted by Gasteiger charge is 2.11. The van der Waals surface area contributed by atoms with Crippen molar-refractivity contribution in [3.05, 3.63) is 28.2 Å². The summed E-state index contributed by atoms with van der Waals surface area (Å²) in [6, 6.07) is 4.40. The van der Waals surface area contributed by atoms with E-state index in [0.717, 1.165) is 17.9 Å². The fraction of sp³-hybridized carbons (Fsp3) is 0.429. The van der Waals surface area contributed by atoms with E-state index in [1.807, 2.05) is 18.7 Å². The van der Waals surface area contributed by atoms with Gasteiger partial charge in [0.05, 0.1) is 5.56 Å². The molecule has 1 aromatic carbocycles. The maximum Gasteiger partial charge on any atom is 0.336 e. The van der Waals surface area contributed by atoms with Crippen molar-refractivity contribution in [1.82, 2.24) is 5.32 Å². The zero-order valence-corrected chi connectivity index (χ0v) is 14.4. The van der Waals surface area contributed by atoms with Crippen LogP contribution in [0.4, 0.5) is 10.5 Å². The molecule has 0 heterocycles. The molecule has 0 saturated carbocycles. The smallest absolute Gasteiger partial charge is 0.336 e. The van der Waals surface area contributed by atoms with Gasteiger partial charge in [-0.1, -0.05) is 6.92 Å². The van der Waals surface area contributed by atoms with Crippen molar-refractivity contribution in [1.29, 1.82) is 0 Å². The van der Waals surface area contributed by atoms with E-state index in [0.29, 0.717) is 10.2 Å². The molecule has 0 spiro atoms. The number of carbonyl (C=O) groups is 2. The molecule has 0 aromatic heterocycles. The number of rotatable bonds is 7. The second-order valence-corrected chi connectivity index (χ2v) is 6.73. The van der Waals surface area contributed by atoms with Crippen molar-refractivity contribution >= 4 is 45.4 Å². The summed E-state index contributed by atoms with van der Waals surface area (Å²) in [5.74, 6) is 1.02. The standard InChI is InChI=1S/C14H19BrN2O3S/c1-3-21-7-6-9(2)16-14(20)17-10-4-5-12(15)11(8-10)13(18)19/h4-5,8-9H,3,6-7H2,1-2H3,(H,18,19)(H2,16,17,20). The first-order chi connectivity index (χ1) is 9.93. The number of thioether (sulfide) groups is 1. The number of benzene rings is 1. The lowest BCUT2D eigenvalue weighted by atomic mass is 10.2. The number of carbonyl (C=O) groups excluding carboxylic acids is 1. The molecule has 0 saturated heterocycles. The molecule has 2 amide bonds. The molecule has 5 nitrogen and oxygen atoms in total.